The first-order valence-electron chi connectivity index (χ1n) is 9.21. The van der Waals surface area contributed by atoms with Gasteiger partial charge in [-0.1, -0.05) is 23.7 Å². The molecule has 1 aliphatic heterocycles. The van der Waals surface area contributed by atoms with Crippen LogP contribution in [0.5, 0.6) is 0 Å². The van der Waals surface area contributed by atoms with Crippen molar-refractivity contribution < 1.29 is 18.0 Å². The summed E-state index contributed by atoms with van der Waals surface area (Å²) in [5, 5.41) is 7.45. The van der Waals surface area contributed by atoms with Crippen molar-refractivity contribution in [3.63, 3.8) is 0 Å². The first-order valence-corrected chi connectivity index (χ1v) is 9.59. The second kappa shape index (κ2) is 7.98. The molecule has 4 rings (SSSR count). The minimum atomic E-state index is -4.52. The molecule has 0 aliphatic carbocycles. The van der Waals surface area contributed by atoms with Crippen LogP contribution in [0.4, 0.5) is 19.0 Å². The summed E-state index contributed by atoms with van der Waals surface area (Å²) in [6.07, 6.45) is -0.839. The molecule has 10 heteroatoms. The number of carbonyl (C=O) groups excluding carboxylic acids is 1. The standard InChI is InChI=1S/C20H17ClF3N5O/c21-15-5-3-9-25-18(15)28-10-7-13(12-28)26-19(30)16-8-11-29(27-16)17-6-2-1-4-14(17)20(22,23)24/h1-6,8-9,11,13H,7,10,12H2,(H,26,30). The maximum atomic E-state index is 13.2. The average molecular weight is 436 g/mol. The van der Waals surface area contributed by atoms with Crippen molar-refractivity contribution >= 4 is 23.3 Å². The highest BCUT2D eigenvalue weighted by atomic mass is 35.5. The van der Waals surface area contributed by atoms with Crippen molar-refractivity contribution in [2.75, 3.05) is 18.0 Å². The third kappa shape index (κ3) is 4.11. The summed E-state index contributed by atoms with van der Waals surface area (Å²) in [5.74, 6) is 0.209. The van der Waals surface area contributed by atoms with Crippen LogP contribution in [0.25, 0.3) is 5.69 Å². The maximum Gasteiger partial charge on any atom is 0.418 e. The van der Waals surface area contributed by atoms with Crippen molar-refractivity contribution in [3.8, 4) is 5.69 Å². The molecule has 0 radical (unpaired) electrons. The molecule has 3 heterocycles. The van der Waals surface area contributed by atoms with Crippen LogP contribution in [0.3, 0.4) is 0 Å². The Hall–Kier alpha value is -3.07. The van der Waals surface area contributed by atoms with Gasteiger partial charge in [0, 0.05) is 31.5 Å². The van der Waals surface area contributed by atoms with Gasteiger partial charge in [-0.2, -0.15) is 18.3 Å². The minimum Gasteiger partial charge on any atom is -0.353 e. The van der Waals surface area contributed by atoms with Gasteiger partial charge in [-0.15, -0.1) is 0 Å². The van der Waals surface area contributed by atoms with Crippen LogP contribution in [0, 0.1) is 0 Å². The van der Waals surface area contributed by atoms with Crippen molar-refractivity contribution in [1.29, 1.82) is 0 Å². The van der Waals surface area contributed by atoms with E-state index < -0.39 is 17.6 Å². The smallest absolute Gasteiger partial charge is 0.353 e. The average Bonchev–Trinajstić information content (AvgIpc) is 3.37. The van der Waals surface area contributed by atoms with E-state index in [1.165, 1.54) is 30.5 Å². The molecule has 30 heavy (non-hydrogen) atoms. The summed E-state index contributed by atoms with van der Waals surface area (Å²) in [5.41, 5.74) is -0.916. The van der Waals surface area contributed by atoms with E-state index in [0.717, 1.165) is 10.7 Å². The molecule has 3 aromatic rings. The monoisotopic (exact) mass is 435 g/mol. The number of para-hydroxylation sites is 1. The third-order valence-electron chi connectivity index (χ3n) is 4.84. The van der Waals surface area contributed by atoms with Gasteiger partial charge >= 0.3 is 6.18 Å². The second-order valence-corrected chi connectivity index (χ2v) is 7.28. The predicted octanol–water partition coefficient (Wildman–Crippen LogP) is 3.95. The number of hydrogen-bond donors (Lipinski definition) is 1. The predicted molar refractivity (Wildman–Crippen MR) is 106 cm³/mol. The Morgan fingerprint density at radius 2 is 1.97 bits per heavy atom. The van der Waals surface area contributed by atoms with E-state index in [0.29, 0.717) is 30.4 Å². The van der Waals surface area contributed by atoms with Crippen LogP contribution in [0.15, 0.2) is 54.9 Å². The fraction of sp³-hybridized carbons (Fsp3) is 0.250. The molecule has 156 valence electrons. The van der Waals surface area contributed by atoms with Gasteiger partial charge in [-0.05, 0) is 36.8 Å². The van der Waals surface area contributed by atoms with Gasteiger partial charge in [0.1, 0.15) is 5.82 Å². The van der Waals surface area contributed by atoms with Crippen molar-refractivity contribution in [2.24, 2.45) is 0 Å². The number of nitrogens with zero attached hydrogens (tertiary/aromatic N) is 4. The number of anilines is 1. The molecule has 1 saturated heterocycles. The summed E-state index contributed by atoms with van der Waals surface area (Å²) in [6, 6.07) is 9.82. The van der Waals surface area contributed by atoms with E-state index in [1.54, 1.807) is 18.3 Å². The Bertz CT molecular complexity index is 1070. The van der Waals surface area contributed by atoms with Crippen LogP contribution >= 0.6 is 11.6 Å². The molecule has 1 aliphatic rings. The van der Waals surface area contributed by atoms with Gasteiger partial charge < -0.3 is 10.2 Å². The van der Waals surface area contributed by atoms with E-state index in [9.17, 15) is 18.0 Å². The first-order chi connectivity index (χ1) is 14.3. The second-order valence-electron chi connectivity index (χ2n) is 6.87. The van der Waals surface area contributed by atoms with Gasteiger partial charge in [0.2, 0.25) is 0 Å². The minimum absolute atomic E-state index is 0.0429. The first kappa shape index (κ1) is 20.2. The van der Waals surface area contributed by atoms with Crippen LogP contribution in [-0.4, -0.2) is 39.8 Å². The molecule has 0 spiro atoms. The summed E-state index contributed by atoms with van der Waals surface area (Å²) in [7, 11) is 0. The van der Waals surface area contributed by atoms with Crippen LogP contribution in [0.2, 0.25) is 5.02 Å². The molecular formula is C20H17ClF3N5O. The van der Waals surface area contributed by atoms with E-state index in [-0.39, 0.29) is 17.4 Å². The Kier molecular flexibility index (Phi) is 5.38. The molecule has 1 aromatic carbocycles. The van der Waals surface area contributed by atoms with Gasteiger partial charge in [0.05, 0.1) is 16.3 Å². The van der Waals surface area contributed by atoms with Crippen molar-refractivity contribution in [3.05, 3.63) is 71.1 Å². The summed E-state index contributed by atoms with van der Waals surface area (Å²) < 4.78 is 40.8. The highest BCUT2D eigenvalue weighted by Gasteiger charge is 2.34. The number of carbonyl (C=O) groups is 1. The molecule has 6 nitrogen and oxygen atoms in total. The third-order valence-corrected chi connectivity index (χ3v) is 5.14. The molecule has 1 atom stereocenters. The Labute approximate surface area is 175 Å². The number of amides is 1. The van der Waals surface area contributed by atoms with Crippen LogP contribution in [0.1, 0.15) is 22.5 Å². The summed E-state index contributed by atoms with van der Waals surface area (Å²) in [4.78, 5) is 18.8. The van der Waals surface area contributed by atoms with Crippen molar-refractivity contribution in [1.82, 2.24) is 20.1 Å². The van der Waals surface area contributed by atoms with Crippen molar-refractivity contribution in [2.45, 2.75) is 18.6 Å². The molecular weight excluding hydrogens is 419 g/mol. The lowest BCUT2D eigenvalue weighted by atomic mass is 10.2. The molecule has 1 amide bonds. The quantitative estimate of drug-likeness (QED) is 0.674. The van der Waals surface area contributed by atoms with E-state index in [4.69, 9.17) is 11.6 Å². The zero-order valence-electron chi connectivity index (χ0n) is 15.6. The topological polar surface area (TPSA) is 63.1 Å². The summed E-state index contributed by atoms with van der Waals surface area (Å²) in [6.45, 7) is 1.20. The van der Waals surface area contributed by atoms with Gasteiger partial charge in [0.15, 0.2) is 5.69 Å². The molecule has 1 N–H and O–H groups in total. The van der Waals surface area contributed by atoms with Crippen LogP contribution in [-0.2, 0) is 6.18 Å². The van der Waals surface area contributed by atoms with Crippen LogP contribution < -0.4 is 10.2 Å². The van der Waals surface area contributed by atoms with Gasteiger partial charge in [0.25, 0.3) is 5.91 Å². The number of hydrogen-bond acceptors (Lipinski definition) is 4. The number of halogens is 4. The normalized spacial score (nSPS) is 16.7. The Balaban J connectivity index is 1.45. The lowest BCUT2D eigenvalue weighted by molar-refractivity contribution is -0.137. The number of nitrogens with one attached hydrogen (secondary N) is 1. The molecule has 1 unspecified atom stereocenters. The molecule has 1 fully saturated rings. The zero-order valence-corrected chi connectivity index (χ0v) is 16.4. The number of rotatable bonds is 4. The molecule has 2 aromatic heterocycles. The Morgan fingerprint density at radius 1 is 1.17 bits per heavy atom. The van der Waals surface area contributed by atoms with Gasteiger partial charge in [-0.3, -0.25) is 4.79 Å². The van der Waals surface area contributed by atoms with E-state index in [1.807, 2.05) is 4.90 Å². The zero-order chi connectivity index (χ0) is 21.3. The number of benzene rings is 1. The fourth-order valence-corrected chi connectivity index (χ4v) is 3.67. The van der Waals surface area contributed by atoms with Gasteiger partial charge in [-0.25, -0.2) is 9.67 Å². The lowest BCUT2D eigenvalue weighted by Crippen LogP contribution is -2.37. The highest BCUT2D eigenvalue weighted by Crippen LogP contribution is 2.33. The fourth-order valence-electron chi connectivity index (χ4n) is 3.43. The Morgan fingerprint density at radius 3 is 2.73 bits per heavy atom. The number of aromatic nitrogens is 3. The molecule has 0 bridgehead atoms. The SMILES string of the molecule is O=C(NC1CCN(c2ncccc2Cl)C1)c1ccn(-c2ccccc2C(F)(F)F)n1. The van der Waals surface area contributed by atoms with E-state index in [2.05, 4.69) is 15.4 Å². The summed E-state index contributed by atoms with van der Waals surface area (Å²) >= 11 is 6.18. The largest absolute Gasteiger partial charge is 0.418 e. The van der Waals surface area contributed by atoms with E-state index >= 15 is 0 Å². The number of pyridine rings is 1. The lowest BCUT2D eigenvalue weighted by Gasteiger charge is -2.18. The maximum absolute atomic E-state index is 13.2. The molecule has 0 saturated carbocycles. The number of alkyl halides is 3. The highest BCUT2D eigenvalue weighted by molar-refractivity contribution is 6.32.